The highest BCUT2D eigenvalue weighted by atomic mass is 32.2. The Balaban J connectivity index is 1.74. The molecular formula is C24H32N6O7S. The van der Waals surface area contributed by atoms with Crippen molar-refractivity contribution in [3.05, 3.63) is 42.5 Å². The van der Waals surface area contributed by atoms with Gasteiger partial charge in [-0.1, -0.05) is 30.3 Å². The van der Waals surface area contributed by atoms with E-state index in [1.165, 1.54) is 12.1 Å². The lowest BCUT2D eigenvalue weighted by atomic mass is 9.98. The number of benzene rings is 2. The van der Waals surface area contributed by atoms with Crippen molar-refractivity contribution < 1.29 is 33.0 Å². The molecule has 0 spiro atoms. The second-order valence-corrected chi connectivity index (χ2v) is 10.8. The molecule has 38 heavy (non-hydrogen) atoms. The number of sulfonamides is 1. The predicted octanol–water partition coefficient (Wildman–Crippen LogP) is -0.840. The number of carboxylic acids is 1. The van der Waals surface area contributed by atoms with Crippen molar-refractivity contribution >= 4 is 44.5 Å². The number of aliphatic hydroxyl groups excluding tert-OH is 1. The van der Waals surface area contributed by atoms with Crippen LogP contribution in [-0.4, -0.2) is 85.6 Å². The van der Waals surface area contributed by atoms with Gasteiger partial charge in [-0.25, -0.2) is 13.2 Å². The van der Waals surface area contributed by atoms with Crippen LogP contribution in [0.25, 0.3) is 10.8 Å². The maximum absolute atomic E-state index is 13.1. The van der Waals surface area contributed by atoms with Crippen LogP contribution >= 0.6 is 0 Å². The number of piperidine rings is 1. The molecular weight excluding hydrogens is 516 g/mol. The van der Waals surface area contributed by atoms with Crippen LogP contribution in [-0.2, 0) is 24.4 Å². The lowest BCUT2D eigenvalue weighted by molar-refractivity contribution is -0.143. The van der Waals surface area contributed by atoms with Gasteiger partial charge in [-0.05, 0) is 41.7 Å². The van der Waals surface area contributed by atoms with Crippen molar-refractivity contribution in [2.75, 3.05) is 26.2 Å². The molecule has 1 aliphatic rings. The van der Waals surface area contributed by atoms with Gasteiger partial charge in [-0.3, -0.25) is 15.0 Å². The molecule has 0 unspecified atom stereocenters. The van der Waals surface area contributed by atoms with Gasteiger partial charge in [-0.2, -0.15) is 4.72 Å². The third-order valence-corrected chi connectivity index (χ3v) is 7.75. The smallest absolute Gasteiger partial charge is 0.328 e. The van der Waals surface area contributed by atoms with Gasteiger partial charge in [0.05, 0.1) is 17.9 Å². The molecule has 0 aliphatic carbocycles. The molecule has 13 nitrogen and oxygen atoms in total. The van der Waals surface area contributed by atoms with E-state index in [-0.39, 0.29) is 23.3 Å². The third-order valence-electron chi connectivity index (χ3n) is 6.28. The van der Waals surface area contributed by atoms with Crippen LogP contribution in [0.5, 0.6) is 0 Å². The van der Waals surface area contributed by atoms with Gasteiger partial charge >= 0.3 is 5.97 Å². The summed E-state index contributed by atoms with van der Waals surface area (Å²) in [5.74, 6) is -3.29. The zero-order chi connectivity index (χ0) is 27.9. The van der Waals surface area contributed by atoms with Crippen LogP contribution in [0.3, 0.4) is 0 Å². The summed E-state index contributed by atoms with van der Waals surface area (Å²) in [4.78, 5) is 38.4. The molecule has 1 heterocycles. The van der Waals surface area contributed by atoms with E-state index < -0.39 is 52.9 Å². The minimum Gasteiger partial charge on any atom is -0.480 e. The average molecular weight is 549 g/mol. The number of carboxylic acid groups (broad SMARTS) is 1. The molecule has 1 saturated heterocycles. The van der Waals surface area contributed by atoms with E-state index in [2.05, 4.69) is 15.4 Å². The highest BCUT2D eigenvalue weighted by Crippen LogP contribution is 2.20. The second kappa shape index (κ2) is 12.7. The predicted molar refractivity (Wildman–Crippen MR) is 139 cm³/mol. The van der Waals surface area contributed by atoms with Crippen molar-refractivity contribution in [3.63, 3.8) is 0 Å². The Morgan fingerprint density at radius 1 is 1.13 bits per heavy atom. The van der Waals surface area contributed by atoms with E-state index in [0.29, 0.717) is 18.5 Å². The summed E-state index contributed by atoms with van der Waals surface area (Å²) in [5.41, 5.74) is 5.55. The van der Waals surface area contributed by atoms with Crippen molar-refractivity contribution in [1.29, 1.82) is 5.41 Å². The van der Waals surface area contributed by atoms with Gasteiger partial charge in [-0.15, -0.1) is 0 Å². The SMILES string of the molecule is N=C(N)N1CCC[C@@H](CNC(=O)C[C@H](NS(=O)(=O)c2ccc3ccccc3c2)C(=O)N[C@@H](CO)C(=O)O)C1. The number of guanidine groups is 1. The standard InChI is InChI=1S/C24H32N6O7S/c25-24(26)30-9-3-4-15(13-30)12-27-21(32)11-19(22(33)28-20(14-31)23(34)35)29-38(36,37)18-8-7-16-5-1-2-6-17(16)10-18/h1-2,5-8,10,15,19-20,29,31H,3-4,9,11-14H2,(H3,25,26)(H,27,32)(H,28,33)(H,34,35)/t15-,19-,20-/m0/s1. The number of hydrogen-bond acceptors (Lipinski definition) is 7. The van der Waals surface area contributed by atoms with Crippen LogP contribution in [0.1, 0.15) is 19.3 Å². The lowest BCUT2D eigenvalue weighted by Crippen LogP contribution is -2.54. The Morgan fingerprint density at radius 2 is 1.84 bits per heavy atom. The first-order valence-corrected chi connectivity index (χ1v) is 13.5. The van der Waals surface area contributed by atoms with Crippen LogP contribution in [0, 0.1) is 11.3 Å². The molecule has 0 saturated carbocycles. The van der Waals surface area contributed by atoms with Crippen LogP contribution < -0.4 is 21.1 Å². The Hall–Kier alpha value is -3.75. The van der Waals surface area contributed by atoms with Crippen molar-refractivity contribution in [1.82, 2.24) is 20.3 Å². The first kappa shape index (κ1) is 28.8. The van der Waals surface area contributed by atoms with E-state index in [0.717, 1.165) is 18.2 Å². The van der Waals surface area contributed by atoms with Crippen molar-refractivity contribution in [2.24, 2.45) is 11.7 Å². The van der Waals surface area contributed by atoms with Gasteiger partial charge in [0.2, 0.25) is 21.8 Å². The summed E-state index contributed by atoms with van der Waals surface area (Å²) in [7, 11) is -4.30. The summed E-state index contributed by atoms with van der Waals surface area (Å²) in [6, 6.07) is 8.13. The largest absolute Gasteiger partial charge is 0.480 e. The number of carbonyl (C=O) groups is 3. The number of aliphatic hydroxyl groups is 1. The van der Waals surface area contributed by atoms with Gasteiger partial charge < -0.3 is 31.5 Å². The molecule has 3 atom stereocenters. The molecule has 14 heteroatoms. The van der Waals surface area contributed by atoms with Gasteiger partial charge in [0.25, 0.3) is 0 Å². The average Bonchev–Trinajstić information content (AvgIpc) is 2.89. The first-order chi connectivity index (χ1) is 18.0. The van der Waals surface area contributed by atoms with Gasteiger partial charge in [0, 0.05) is 19.6 Å². The van der Waals surface area contributed by atoms with E-state index in [4.69, 9.17) is 16.2 Å². The first-order valence-electron chi connectivity index (χ1n) is 12.0. The maximum atomic E-state index is 13.1. The second-order valence-electron chi connectivity index (χ2n) is 9.11. The number of nitrogens with zero attached hydrogens (tertiary/aromatic N) is 1. The number of amides is 2. The fourth-order valence-corrected chi connectivity index (χ4v) is 5.43. The number of nitrogens with one attached hydrogen (secondary N) is 4. The van der Waals surface area contributed by atoms with E-state index in [9.17, 15) is 27.9 Å². The fourth-order valence-electron chi connectivity index (χ4n) is 4.20. The Labute approximate surface area is 219 Å². The summed E-state index contributed by atoms with van der Waals surface area (Å²) in [5, 5.41) is 32.2. The monoisotopic (exact) mass is 548 g/mol. The normalized spacial score (nSPS) is 17.4. The number of hydrogen-bond donors (Lipinski definition) is 7. The molecule has 2 amide bonds. The lowest BCUT2D eigenvalue weighted by Gasteiger charge is -2.33. The Bertz CT molecular complexity index is 1300. The molecule has 1 aliphatic heterocycles. The zero-order valence-corrected chi connectivity index (χ0v) is 21.4. The highest BCUT2D eigenvalue weighted by molar-refractivity contribution is 7.89. The number of fused-ring (bicyclic) bond motifs is 1. The van der Waals surface area contributed by atoms with Gasteiger partial charge in [0.1, 0.15) is 12.1 Å². The molecule has 0 radical (unpaired) electrons. The minimum absolute atomic E-state index is 0.00366. The van der Waals surface area contributed by atoms with E-state index >= 15 is 0 Å². The number of nitrogens with two attached hydrogens (primary N) is 1. The molecule has 3 rings (SSSR count). The quantitative estimate of drug-likeness (QED) is 0.137. The number of carbonyl (C=O) groups excluding carboxylic acids is 2. The number of aliphatic carboxylic acids is 1. The summed E-state index contributed by atoms with van der Waals surface area (Å²) < 4.78 is 28.5. The molecule has 8 N–H and O–H groups in total. The highest BCUT2D eigenvalue weighted by Gasteiger charge is 2.31. The van der Waals surface area contributed by atoms with Crippen LogP contribution in [0.4, 0.5) is 0 Å². The fraction of sp³-hybridized carbons (Fsp3) is 0.417. The summed E-state index contributed by atoms with van der Waals surface area (Å²) in [6.45, 7) is 0.424. The Morgan fingerprint density at radius 3 is 2.50 bits per heavy atom. The van der Waals surface area contributed by atoms with E-state index in [1.807, 2.05) is 6.07 Å². The molecule has 2 aromatic rings. The Kier molecular flexibility index (Phi) is 9.61. The number of likely N-dealkylation sites (tertiary alicyclic amines) is 1. The third kappa shape index (κ3) is 7.63. The summed E-state index contributed by atoms with van der Waals surface area (Å²) >= 11 is 0. The maximum Gasteiger partial charge on any atom is 0.328 e. The molecule has 0 bridgehead atoms. The van der Waals surface area contributed by atoms with E-state index in [1.54, 1.807) is 29.2 Å². The van der Waals surface area contributed by atoms with Crippen molar-refractivity contribution in [3.8, 4) is 0 Å². The molecule has 1 fully saturated rings. The number of rotatable bonds is 11. The zero-order valence-electron chi connectivity index (χ0n) is 20.6. The molecule has 0 aromatic heterocycles. The summed E-state index contributed by atoms with van der Waals surface area (Å²) in [6.07, 6.45) is 0.966. The van der Waals surface area contributed by atoms with Gasteiger partial charge in [0.15, 0.2) is 5.96 Å². The van der Waals surface area contributed by atoms with Crippen LogP contribution in [0.15, 0.2) is 47.4 Å². The van der Waals surface area contributed by atoms with Crippen molar-refractivity contribution in [2.45, 2.75) is 36.2 Å². The molecule has 2 aromatic carbocycles. The molecule has 206 valence electrons. The topological polar surface area (TPSA) is 215 Å². The van der Waals surface area contributed by atoms with Crippen LogP contribution in [0.2, 0.25) is 0 Å². The minimum atomic E-state index is -4.30.